The lowest BCUT2D eigenvalue weighted by Gasteiger charge is -2.30. The first kappa shape index (κ1) is 13.6. The molecule has 0 aromatic rings. The van der Waals surface area contributed by atoms with Gasteiger partial charge in [0.1, 0.15) is 0 Å². The summed E-state index contributed by atoms with van der Waals surface area (Å²) in [7, 11) is 0. The van der Waals surface area contributed by atoms with E-state index in [2.05, 4.69) is 26.1 Å². The summed E-state index contributed by atoms with van der Waals surface area (Å²) in [5.41, 5.74) is 0.176. The molecule has 80 valence electrons. The largest absolute Gasteiger partial charge is 0.309 e. The Labute approximate surface area is 92.0 Å². The molecule has 0 aliphatic rings. The van der Waals surface area contributed by atoms with Crippen molar-refractivity contribution in [3.63, 3.8) is 0 Å². The molecule has 0 aliphatic carbocycles. The zero-order chi connectivity index (χ0) is 10.2. The van der Waals surface area contributed by atoms with Gasteiger partial charge < -0.3 is 5.32 Å². The summed E-state index contributed by atoms with van der Waals surface area (Å²) in [5.74, 6) is 3.11. The molecule has 0 spiro atoms. The molecule has 0 saturated heterocycles. The van der Waals surface area contributed by atoms with Gasteiger partial charge in [0.15, 0.2) is 0 Å². The second kappa shape index (κ2) is 7.95. The first-order valence-electron chi connectivity index (χ1n) is 5.13. The molecule has 0 rings (SSSR count). The van der Waals surface area contributed by atoms with E-state index in [4.69, 9.17) is 11.6 Å². The van der Waals surface area contributed by atoms with E-state index in [1.165, 1.54) is 11.5 Å². The van der Waals surface area contributed by atoms with E-state index in [0.29, 0.717) is 0 Å². The topological polar surface area (TPSA) is 12.0 Å². The van der Waals surface area contributed by atoms with Crippen molar-refractivity contribution in [1.82, 2.24) is 5.32 Å². The van der Waals surface area contributed by atoms with Crippen molar-refractivity contribution in [2.24, 2.45) is 0 Å². The van der Waals surface area contributed by atoms with Crippen LogP contribution in [0.4, 0.5) is 0 Å². The fourth-order valence-corrected chi connectivity index (χ4v) is 2.28. The van der Waals surface area contributed by atoms with E-state index >= 15 is 0 Å². The Morgan fingerprint density at radius 3 is 2.23 bits per heavy atom. The van der Waals surface area contributed by atoms with Crippen LogP contribution in [0, 0.1) is 0 Å². The van der Waals surface area contributed by atoms with Gasteiger partial charge in [-0.25, -0.2) is 0 Å². The first-order chi connectivity index (χ1) is 6.24. The monoisotopic (exact) mass is 223 g/mol. The smallest absolute Gasteiger partial charge is 0.0405 e. The zero-order valence-electron chi connectivity index (χ0n) is 9.03. The van der Waals surface area contributed by atoms with Crippen molar-refractivity contribution >= 4 is 23.4 Å². The average Bonchev–Trinajstić information content (AvgIpc) is 2.20. The molecule has 0 aromatic heterocycles. The lowest BCUT2D eigenvalue weighted by Crippen LogP contribution is -2.46. The number of nitrogens with one attached hydrogen (secondary N) is 1. The number of thioether (sulfide) groups is 1. The maximum Gasteiger partial charge on any atom is 0.0405 e. The van der Waals surface area contributed by atoms with Gasteiger partial charge in [-0.15, -0.1) is 11.6 Å². The van der Waals surface area contributed by atoms with Gasteiger partial charge in [0.2, 0.25) is 0 Å². The van der Waals surface area contributed by atoms with Gasteiger partial charge in [-0.2, -0.15) is 11.8 Å². The highest BCUT2D eigenvalue weighted by Crippen LogP contribution is 2.16. The summed E-state index contributed by atoms with van der Waals surface area (Å²) in [4.78, 5) is 0. The fourth-order valence-electron chi connectivity index (χ4n) is 1.27. The molecule has 0 atom stereocenters. The van der Waals surface area contributed by atoms with E-state index < -0.39 is 0 Å². The number of hydrogen-bond donors (Lipinski definition) is 1. The fraction of sp³-hybridized carbons (Fsp3) is 1.00. The summed E-state index contributed by atoms with van der Waals surface area (Å²) in [6.45, 7) is 7.67. The predicted octanol–water partition coefficient (Wildman–Crippen LogP) is 3.13. The van der Waals surface area contributed by atoms with E-state index in [1.54, 1.807) is 0 Å². The zero-order valence-corrected chi connectivity index (χ0v) is 10.6. The van der Waals surface area contributed by atoms with Crippen molar-refractivity contribution in [2.45, 2.75) is 39.2 Å². The van der Waals surface area contributed by atoms with Gasteiger partial charge >= 0.3 is 0 Å². The Morgan fingerprint density at radius 1 is 1.23 bits per heavy atom. The highest BCUT2D eigenvalue weighted by atomic mass is 35.5. The molecule has 0 aliphatic heterocycles. The summed E-state index contributed by atoms with van der Waals surface area (Å²) in [6, 6.07) is 0. The molecular weight excluding hydrogens is 202 g/mol. The molecule has 0 radical (unpaired) electrons. The molecule has 1 nitrogen and oxygen atoms in total. The number of rotatable bonds is 8. The van der Waals surface area contributed by atoms with Crippen molar-refractivity contribution < 1.29 is 0 Å². The van der Waals surface area contributed by atoms with Gasteiger partial charge in [0, 0.05) is 23.7 Å². The minimum atomic E-state index is 0.176. The summed E-state index contributed by atoms with van der Waals surface area (Å²) < 4.78 is 0. The minimum Gasteiger partial charge on any atom is -0.309 e. The van der Waals surface area contributed by atoms with Crippen molar-refractivity contribution in [3.05, 3.63) is 0 Å². The third kappa shape index (κ3) is 5.14. The van der Waals surface area contributed by atoms with Gasteiger partial charge in [0.05, 0.1) is 0 Å². The second-order valence-corrected chi connectivity index (χ2v) is 4.91. The van der Waals surface area contributed by atoms with Gasteiger partial charge in [-0.05, 0) is 18.6 Å². The number of hydrogen-bond acceptors (Lipinski definition) is 2. The van der Waals surface area contributed by atoms with Crippen LogP contribution in [0.1, 0.15) is 33.6 Å². The Kier molecular flexibility index (Phi) is 8.32. The molecule has 0 saturated carbocycles. The van der Waals surface area contributed by atoms with E-state index in [0.717, 1.165) is 25.3 Å². The molecule has 1 N–H and O–H groups in total. The summed E-state index contributed by atoms with van der Waals surface area (Å²) in [6.07, 6.45) is 2.23. The van der Waals surface area contributed by atoms with E-state index in [-0.39, 0.29) is 5.54 Å². The third-order valence-corrected chi connectivity index (χ3v) is 3.97. The van der Waals surface area contributed by atoms with Crippen molar-refractivity contribution in [1.29, 1.82) is 0 Å². The van der Waals surface area contributed by atoms with Crippen LogP contribution in [0.15, 0.2) is 0 Å². The maximum absolute atomic E-state index is 5.97. The van der Waals surface area contributed by atoms with Crippen molar-refractivity contribution in [2.75, 3.05) is 23.9 Å². The molecule has 0 amide bonds. The number of alkyl halides is 1. The van der Waals surface area contributed by atoms with Crippen LogP contribution in [0.3, 0.4) is 0 Å². The average molecular weight is 224 g/mol. The normalized spacial score (nSPS) is 12.0. The van der Waals surface area contributed by atoms with Gasteiger partial charge in [-0.3, -0.25) is 0 Å². The Bertz CT molecular complexity index is 107. The van der Waals surface area contributed by atoms with Crippen LogP contribution in [0.2, 0.25) is 0 Å². The minimum absolute atomic E-state index is 0.176. The van der Waals surface area contributed by atoms with Crippen LogP contribution in [0.25, 0.3) is 0 Å². The molecule has 13 heavy (non-hydrogen) atoms. The lowest BCUT2D eigenvalue weighted by atomic mass is 9.95. The molecule has 0 heterocycles. The molecule has 0 unspecified atom stereocenters. The van der Waals surface area contributed by atoms with Crippen LogP contribution in [-0.2, 0) is 0 Å². The Balaban J connectivity index is 3.68. The maximum atomic E-state index is 5.97. The highest BCUT2D eigenvalue weighted by Gasteiger charge is 2.23. The second-order valence-electron chi connectivity index (χ2n) is 3.24. The Morgan fingerprint density at radius 2 is 1.85 bits per heavy atom. The van der Waals surface area contributed by atoms with Crippen LogP contribution >= 0.6 is 23.4 Å². The third-order valence-electron chi connectivity index (χ3n) is 2.56. The Hall–Kier alpha value is 0.600. The van der Waals surface area contributed by atoms with Gasteiger partial charge in [-0.1, -0.05) is 20.8 Å². The van der Waals surface area contributed by atoms with E-state index in [1.807, 2.05) is 11.8 Å². The molecule has 0 fully saturated rings. The van der Waals surface area contributed by atoms with E-state index in [9.17, 15) is 0 Å². The summed E-state index contributed by atoms with van der Waals surface area (Å²) >= 11 is 7.94. The van der Waals surface area contributed by atoms with Gasteiger partial charge in [0.25, 0.3) is 0 Å². The first-order valence-corrected chi connectivity index (χ1v) is 6.82. The highest BCUT2D eigenvalue weighted by molar-refractivity contribution is 7.99. The van der Waals surface area contributed by atoms with Crippen molar-refractivity contribution in [3.8, 4) is 0 Å². The van der Waals surface area contributed by atoms with Crippen LogP contribution < -0.4 is 5.32 Å². The quantitative estimate of drug-likeness (QED) is 0.501. The summed E-state index contributed by atoms with van der Waals surface area (Å²) in [5, 5.41) is 3.56. The predicted molar refractivity (Wildman–Crippen MR) is 65.0 cm³/mol. The number of halogens is 1. The molecule has 3 heteroatoms. The standard InChI is InChI=1S/C10H22ClNS/c1-4-10(5-2,9-11)12-7-8-13-6-3/h12H,4-9H2,1-3H3. The molecule has 0 bridgehead atoms. The lowest BCUT2D eigenvalue weighted by molar-refractivity contribution is 0.346. The van der Waals surface area contributed by atoms with Crippen LogP contribution in [0.5, 0.6) is 0 Å². The molecular formula is C10H22ClNS. The molecule has 0 aromatic carbocycles. The SMILES string of the molecule is CCSCCNC(CC)(CC)CCl. The van der Waals surface area contributed by atoms with Crippen LogP contribution in [-0.4, -0.2) is 29.5 Å².